The quantitative estimate of drug-likeness (QED) is 0.713. The first-order valence-electron chi connectivity index (χ1n) is 4.40. The van der Waals surface area contributed by atoms with E-state index in [-0.39, 0.29) is 5.75 Å². The fourth-order valence-corrected chi connectivity index (χ4v) is 1.04. The lowest BCUT2D eigenvalue weighted by molar-refractivity contribution is -0.153. The Morgan fingerprint density at radius 3 is 2.47 bits per heavy atom. The lowest BCUT2D eigenvalue weighted by atomic mass is 10.1. The van der Waals surface area contributed by atoms with Crippen molar-refractivity contribution in [2.24, 2.45) is 0 Å². The van der Waals surface area contributed by atoms with Crippen LogP contribution in [0.2, 0.25) is 0 Å². The Balaban J connectivity index is 2.75. The predicted molar refractivity (Wildman–Crippen MR) is 47.3 cm³/mol. The van der Waals surface area contributed by atoms with Gasteiger partial charge in [0.25, 0.3) is 0 Å². The molecular formula is C10H10F4O. The summed E-state index contributed by atoms with van der Waals surface area (Å²) in [6, 6.07) is 3.89. The van der Waals surface area contributed by atoms with Gasteiger partial charge in [0, 0.05) is 0 Å². The molecule has 0 aliphatic carbocycles. The van der Waals surface area contributed by atoms with Gasteiger partial charge in [0.2, 0.25) is 0 Å². The molecule has 1 nitrogen and oxygen atoms in total. The van der Waals surface area contributed by atoms with E-state index in [2.05, 4.69) is 4.74 Å². The van der Waals surface area contributed by atoms with Gasteiger partial charge in [0.15, 0.2) is 18.2 Å². The highest BCUT2D eigenvalue weighted by atomic mass is 19.4. The van der Waals surface area contributed by atoms with Crippen LogP contribution < -0.4 is 4.74 Å². The van der Waals surface area contributed by atoms with Crippen molar-refractivity contribution >= 4 is 0 Å². The molecule has 0 aliphatic heterocycles. The summed E-state index contributed by atoms with van der Waals surface area (Å²) in [5, 5.41) is 0. The Labute approximate surface area is 84.7 Å². The minimum Gasteiger partial charge on any atom is -0.481 e. The van der Waals surface area contributed by atoms with Gasteiger partial charge in [-0.1, -0.05) is 13.0 Å². The summed E-state index contributed by atoms with van der Waals surface area (Å²) in [7, 11) is 0. The molecule has 0 saturated carbocycles. The standard InChI is InChI=1S/C10H10F4O/c1-2-7-3-4-8(11)9(5-7)15-6-10(12,13)14/h3-5H,2,6H2,1H3. The van der Waals surface area contributed by atoms with Gasteiger partial charge in [-0.3, -0.25) is 0 Å². The van der Waals surface area contributed by atoms with Crippen LogP contribution in [0.1, 0.15) is 12.5 Å². The SMILES string of the molecule is CCc1ccc(F)c(OCC(F)(F)F)c1. The van der Waals surface area contributed by atoms with Crippen LogP contribution in [0.15, 0.2) is 18.2 Å². The molecule has 0 spiro atoms. The highest BCUT2D eigenvalue weighted by molar-refractivity contribution is 5.30. The first-order chi connectivity index (χ1) is 6.92. The Bertz CT molecular complexity index is 333. The van der Waals surface area contributed by atoms with E-state index in [1.165, 1.54) is 12.1 Å². The number of aryl methyl sites for hydroxylation is 1. The Morgan fingerprint density at radius 1 is 1.27 bits per heavy atom. The van der Waals surface area contributed by atoms with Gasteiger partial charge >= 0.3 is 6.18 Å². The van der Waals surface area contributed by atoms with Gasteiger partial charge in [-0.05, 0) is 24.1 Å². The Morgan fingerprint density at radius 2 is 1.93 bits per heavy atom. The number of alkyl halides is 3. The maximum Gasteiger partial charge on any atom is 0.422 e. The lowest BCUT2D eigenvalue weighted by Gasteiger charge is -2.10. The van der Waals surface area contributed by atoms with E-state index >= 15 is 0 Å². The lowest BCUT2D eigenvalue weighted by Crippen LogP contribution is -2.19. The Kier molecular flexibility index (Phi) is 3.55. The number of hydrogen-bond acceptors (Lipinski definition) is 1. The fourth-order valence-electron chi connectivity index (χ4n) is 1.04. The molecule has 1 aromatic rings. The number of rotatable bonds is 3. The number of benzene rings is 1. The zero-order valence-corrected chi connectivity index (χ0v) is 8.07. The molecule has 0 atom stereocenters. The average molecular weight is 222 g/mol. The van der Waals surface area contributed by atoms with Crippen LogP contribution in [0.5, 0.6) is 5.75 Å². The third kappa shape index (κ3) is 3.77. The van der Waals surface area contributed by atoms with Gasteiger partial charge in [-0.2, -0.15) is 13.2 Å². The summed E-state index contributed by atoms with van der Waals surface area (Å²) in [5.41, 5.74) is 0.730. The monoisotopic (exact) mass is 222 g/mol. The van der Waals surface area contributed by atoms with E-state index in [0.29, 0.717) is 6.42 Å². The molecule has 0 aromatic heterocycles. The summed E-state index contributed by atoms with van der Waals surface area (Å²) < 4.78 is 52.8. The normalized spacial score (nSPS) is 11.5. The topological polar surface area (TPSA) is 9.23 Å². The van der Waals surface area contributed by atoms with E-state index in [4.69, 9.17) is 0 Å². The van der Waals surface area contributed by atoms with E-state index < -0.39 is 18.6 Å². The van der Waals surface area contributed by atoms with Crippen LogP contribution in [0.4, 0.5) is 17.6 Å². The minimum absolute atomic E-state index is 0.355. The van der Waals surface area contributed by atoms with Crippen molar-refractivity contribution in [3.05, 3.63) is 29.6 Å². The summed E-state index contributed by atoms with van der Waals surface area (Å²) in [6.07, 6.45) is -3.84. The number of ether oxygens (including phenoxy) is 1. The third-order valence-corrected chi connectivity index (χ3v) is 1.80. The maximum absolute atomic E-state index is 13.0. The molecule has 1 rings (SSSR count). The van der Waals surface area contributed by atoms with E-state index in [9.17, 15) is 17.6 Å². The van der Waals surface area contributed by atoms with Gasteiger partial charge < -0.3 is 4.74 Å². The molecular weight excluding hydrogens is 212 g/mol. The molecule has 0 amide bonds. The van der Waals surface area contributed by atoms with Crippen molar-refractivity contribution in [1.29, 1.82) is 0 Å². The van der Waals surface area contributed by atoms with Crippen LogP contribution in [0.3, 0.4) is 0 Å². The van der Waals surface area contributed by atoms with Gasteiger partial charge in [0.1, 0.15) is 0 Å². The van der Waals surface area contributed by atoms with Crippen molar-refractivity contribution in [2.45, 2.75) is 19.5 Å². The fraction of sp³-hybridized carbons (Fsp3) is 0.400. The summed E-state index contributed by atoms with van der Waals surface area (Å²) >= 11 is 0. The molecule has 5 heteroatoms. The largest absolute Gasteiger partial charge is 0.481 e. The zero-order chi connectivity index (χ0) is 11.5. The summed E-state index contributed by atoms with van der Waals surface area (Å²) in [4.78, 5) is 0. The van der Waals surface area contributed by atoms with Crippen LogP contribution in [0.25, 0.3) is 0 Å². The molecule has 0 N–H and O–H groups in total. The smallest absolute Gasteiger partial charge is 0.422 e. The van der Waals surface area contributed by atoms with E-state index in [1.807, 2.05) is 6.92 Å². The molecule has 15 heavy (non-hydrogen) atoms. The van der Waals surface area contributed by atoms with Crippen molar-refractivity contribution in [3.63, 3.8) is 0 Å². The van der Waals surface area contributed by atoms with Crippen molar-refractivity contribution in [3.8, 4) is 5.75 Å². The molecule has 0 aliphatic rings. The second-order valence-corrected chi connectivity index (χ2v) is 3.02. The van der Waals surface area contributed by atoms with Crippen LogP contribution >= 0.6 is 0 Å². The van der Waals surface area contributed by atoms with Crippen molar-refractivity contribution in [2.75, 3.05) is 6.61 Å². The van der Waals surface area contributed by atoms with Crippen LogP contribution in [0, 0.1) is 5.82 Å². The second-order valence-electron chi connectivity index (χ2n) is 3.02. The van der Waals surface area contributed by atoms with Gasteiger partial charge in [-0.15, -0.1) is 0 Å². The predicted octanol–water partition coefficient (Wildman–Crippen LogP) is 3.33. The van der Waals surface area contributed by atoms with Crippen molar-refractivity contribution < 1.29 is 22.3 Å². The molecule has 0 fully saturated rings. The molecule has 0 radical (unpaired) electrons. The highest BCUT2D eigenvalue weighted by Gasteiger charge is 2.28. The molecule has 0 unspecified atom stereocenters. The van der Waals surface area contributed by atoms with Crippen molar-refractivity contribution in [1.82, 2.24) is 0 Å². The minimum atomic E-state index is -4.45. The summed E-state index contributed by atoms with van der Waals surface area (Å²) in [6.45, 7) is 0.345. The van der Waals surface area contributed by atoms with E-state index in [1.54, 1.807) is 0 Å². The van der Waals surface area contributed by atoms with Gasteiger partial charge in [0.05, 0.1) is 0 Å². The average Bonchev–Trinajstić information content (AvgIpc) is 2.15. The highest BCUT2D eigenvalue weighted by Crippen LogP contribution is 2.22. The zero-order valence-electron chi connectivity index (χ0n) is 8.07. The number of hydrogen-bond donors (Lipinski definition) is 0. The number of halogens is 4. The second kappa shape index (κ2) is 4.51. The molecule has 1 aromatic carbocycles. The molecule has 0 heterocycles. The first kappa shape index (κ1) is 11.8. The first-order valence-corrected chi connectivity index (χ1v) is 4.40. The third-order valence-electron chi connectivity index (χ3n) is 1.80. The molecule has 84 valence electrons. The molecule has 0 saturated heterocycles. The van der Waals surface area contributed by atoms with E-state index in [0.717, 1.165) is 11.6 Å². The summed E-state index contributed by atoms with van der Waals surface area (Å²) in [5.74, 6) is -1.14. The Hall–Kier alpha value is -1.26. The van der Waals surface area contributed by atoms with Crippen LogP contribution in [-0.4, -0.2) is 12.8 Å². The maximum atomic E-state index is 13.0. The van der Waals surface area contributed by atoms with Crippen LogP contribution in [-0.2, 0) is 6.42 Å². The molecule has 0 bridgehead atoms. The van der Waals surface area contributed by atoms with Gasteiger partial charge in [-0.25, -0.2) is 4.39 Å².